The highest BCUT2D eigenvalue weighted by Gasteiger charge is 2.39. The Bertz CT molecular complexity index is 637. The summed E-state index contributed by atoms with van der Waals surface area (Å²) in [6.45, 7) is 6.33. The Morgan fingerprint density at radius 1 is 1.29 bits per heavy atom. The number of likely N-dealkylation sites (tertiary alicyclic amines) is 1. The molecule has 28 heavy (non-hydrogen) atoms. The van der Waals surface area contributed by atoms with Gasteiger partial charge in [-0.05, 0) is 31.7 Å². The van der Waals surface area contributed by atoms with Crippen LogP contribution in [0.4, 0.5) is 0 Å². The fourth-order valence-electron chi connectivity index (χ4n) is 4.02. The van der Waals surface area contributed by atoms with Gasteiger partial charge in [0.25, 0.3) is 0 Å². The van der Waals surface area contributed by atoms with Gasteiger partial charge in [-0.2, -0.15) is 0 Å². The molecule has 0 saturated carbocycles. The van der Waals surface area contributed by atoms with Gasteiger partial charge >= 0.3 is 0 Å². The molecule has 6 nitrogen and oxygen atoms in total. The molecule has 5 atom stereocenters. The zero-order chi connectivity index (χ0) is 20.7. The topological polar surface area (TPSA) is 78.9 Å². The number of nitrogens with one attached hydrogen (secondary N) is 1. The van der Waals surface area contributed by atoms with Gasteiger partial charge < -0.3 is 20.1 Å². The fourth-order valence-corrected chi connectivity index (χ4v) is 4.02. The molecule has 1 saturated heterocycles. The van der Waals surface area contributed by atoms with Gasteiger partial charge in [0.1, 0.15) is 0 Å². The first-order valence-corrected chi connectivity index (χ1v) is 10.3. The van der Waals surface area contributed by atoms with Gasteiger partial charge in [-0.25, -0.2) is 0 Å². The molecule has 2 amide bonds. The third-order valence-corrected chi connectivity index (χ3v) is 5.63. The minimum atomic E-state index is -0.785. The van der Waals surface area contributed by atoms with Crippen molar-refractivity contribution in [2.24, 2.45) is 5.92 Å². The maximum absolute atomic E-state index is 12.8. The average Bonchev–Trinajstić information content (AvgIpc) is 3.18. The summed E-state index contributed by atoms with van der Waals surface area (Å²) in [5, 5.41) is 13.4. The fraction of sp³-hybridized carbons (Fsp3) is 0.636. The molecule has 0 radical (unpaired) electrons. The summed E-state index contributed by atoms with van der Waals surface area (Å²) in [7, 11) is 1.59. The molecule has 1 aromatic rings. The van der Waals surface area contributed by atoms with Gasteiger partial charge in [0.2, 0.25) is 11.8 Å². The van der Waals surface area contributed by atoms with Crippen molar-refractivity contribution in [2.75, 3.05) is 13.7 Å². The smallest absolute Gasteiger partial charge is 0.225 e. The van der Waals surface area contributed by atoms with Crippen molar-refractivity contribution in [3.63, 3.8) is 0 Å². The minimum absolute atomic E-state index is 0.0841. The van der Waals surface area contributed by atoms with Crippen molar-refractivity contribution in [1.82, 2.24) is 10.2 Å². The monoisotopic (exact) mass is 390 g/mol. The molecule has 0 aromatic heterocycles. The van der Waals surface area contributed by atoms with Crippen LogP contribution in [0.2, 0.25) is 0 Å². The van der Waals surface area contributed by atoms with Crippen molar-refractivity contribution < 1.29 is 19.4 Å². The number of aliphatic hydroxyl groups excluding tert-OH is 1. The predicted octanol–water partition coefficient (Wildman–Crippen LogP) is 2.67. The maximum atomic E-state index is 12.8. The van der Waals surface area contributed by atoms with Gasteiger partial charge in [-0.3, -0.25) is 9.59 Å². The Hall–Kier alpha value is -1.92. The van der Waals surface area contributed by atoms with Gasteiger partial charge in [0.05, 0.1) is 30.2 Å². The summed E-state index contributed by atoms with van der Waals surface area (Å²) in [6.07, 6.45) is 1.95. The highest BCUT2D eigenvalue weighted by Crippen LogP contribution is 2.27. The molecule has 1 heterocycles. The maximum Gasteiger partial charge on any atom is 0.225 e. The zero-order valence-electron chi connectivity index (χ0n) is 17.4. The molecule has 2 N–H and O–H groups in total. The summed E-state index contributed by atoms with van der Waals surface area (Å²) >= 11 is 0. The lowest BCUT2D eigenvalue weighted by molar-refractivity contribution is -0.140. The highest BCUT2D eigenvalue weighted by atomic mass is 16.5. The Morgan fingerprint density at radius 2 is 1.96 bits per heavy atom. The first-order valence-electron chi connectivity index (χ1n) is 10.3. The van der Waals surface area contributed by atoms with Crippen LogP contribution in [-0.2, 0) is 14.3 Å². The molecule has 1 aliphatic rings. The molecule has 0 aliphatic carbocycles. The number of benzene rings is 1. The van der Waals surface area contributed by atoms with Crippen LogP contribution in [0.5, 0.6) is 0 Å². The van der Waals surface area contributed by atoms with Crippen LogP contribution in [0.1, 0.15) is 58.1 Å². The minimum Gasteiger partial charge on any atom is -0.386 e. The van der Waals surface area contributed by atoms with Crippen molar-refractivity contribution >= 4 is 11.8 Å². The molecular formula is C22H34N2O4. The van der Waals surface area contributed by atoms with E-state index in [1.807, 2.05) is 49.1 Å². The second-order valence-corrected chi connectivity index (χ2v) is 7.69. The van der Waals surface area contributed by atoms with Crippen LogP contribution in [0.15, 0.2) is 30.3 Å². The van der Waals surface area contributed by atoms with Crippen molar-refractivity contribution in [2.45, 2.75) is 70.7 Å². The van der Waals surface area contributed by atoms with E-state index < -0.39 is 18.1 Å². The number of ether oxygens (including phenoxy) is 1. The Labute approximate surface area is 168 Å². The Balaban J connectivity index is 2.02. The quantitative estimate of drug-likeness (QED) is 0.679. The van der Waals surface area contributed by atoms with E-state index in [2.05, 4.69) is 5.32 Å². The number of aliphatic hydroxyl groups is 1. The number of carbonyl (C=O) groups is 2. The van der Waals surface area contributed by atoms with Crippen LogP contribution < -0.4 is 5.32 Å². The van der Waals surface area contributed by atoms with Crippen LogP contribution in [0, 0.1) is 5.92 Å². The second-order valence-electron chi connectivity index (χ2n) is 7.69. The third kappa shape index (κ3) is 5.32. The number of methoxy groups -OCH3 is 1. The summed E-state index contributed by atoms with van der Waals surface area (Å²) in [5.41, 5.74) is 0.762. The van der Waals surface area contributed by atoms with E-state index >= 15 is 0 Å². The molecule has 0 unspecified atom stereocenters. The molecule has 1 fully saturated rings. The van der Waals surface area contributed by atoms with Crippen molar-refractivity contribution in [3.8, 4) is 0 Å². The number of rotatable bonds is 9. The number of amides is 2. The van der Waals surface area contributed by atoms with Crippen LogP contribution in [-0.4, -0.2) is 53.7 Å². The van der Waals surface area contributed by atoms with Gasteiger partial charge in [0.15, 0.2) is 0 Å². The first kappa shape index (κ1) is 22.4. The molecule has 6 heteroatoms. The number of hydrogen-bond acceptors (Lipinski definition) is 4. The lowest BCUT2D eigenvalue weighted by Gasteiger charge is -2.34. The van der Waals surface area contributed by atoms with Gasteiger partial charge in [-0.1, -0.05) is 44.2 Å². The second kappa shape index (κ2) is 10.6. The van der Waals surface area contributed by atoms with Crippen molar-refractivity contribution in [1.29, 1.82) is 0 Å². The van der Waals surface area contributed by atoms with Gasteiger partial charge in [0, 0.05) is 20.1 Å². The lowest BCUT2D eigenvalue weighted by atomic mass is 9.94. The normalized spacial score (nSPS) is 21.0. The van der Waals surface area contributed by atoms with Crippen LogP contribution >= 0.6 is 0 Å². The molecule has 0 spiro atoms. The number of nitrogens with zero attached hydrogens (tertiary/aromatic N) is 1. The van der Waals surface area contributed by atoms with Crippen LogP contribution in [0.3, 0.4) is 0 Å². The van der Waals surface area contributed by atoms with Crippen molar-refractivity contribution in [3.05, 3.63) is 35.9 Å². The van der Waals surface area contributed by atoms with E-state index in [1.165, 1.54) is 0 Å². The van der Waals surface area contributed by atoms with E-state index in [0.717, 1.165) is 31.4 Å². The summed E-state index contributed by atoms with van der Waals surface area (Å²) < 4.78 is 5.69. The number of hydrogen-bond donors (Lipinski definition) is 2. The predicted molar refractivity (Wildman–Crippen MR) is 109 cm³/mol. The van der Waals surface area contributed by atoms with Crippen LogP contribution in [0.25, 0.3) is 0 Å². The van der Waals surface area contributed by atoms with E-state index in [9.17, 15) is 14.7 Å². The lowest BCUT2D eigenvalue weighted by Crippen LogP contribution is -2.51. The summed E-state index contributed by atoms with van der Waals surface area (Å²) in [5.74, 6) is -0.480. The third-order valence-electron chi connectivity index (χ3n) is 5.63. The Morgan fingerprint density at radius 3 is 2.57 bits per heavy atom. The largest absolute Gasteiger partial charge is 0.386 e. The molecule has 1 aliphatic heterocycles. The molecule has 2 rings (SSSR count). The van der Waals surface area contributed by atoms with E-state index in [4.69, 9.17) is 4.74 Å². The molecule has 1 aromatic carbocycles. The van der Waals surface area contributed by atoms with E-state index in [-0.39, 0.29) is 24.0 Å². The number of carbonyl (C=O) groups excluding carboxylic acids is 2. The molecular weight excluding hydrogens is 356 g/mol. The summed E-state index contributed by atoms with van der Waals surface area (Å²) in [4.78, 5) is 27.2. The average molecular weight is 391 g/mol. The van der Waals surface area contributed by atoms with E-state index in [0.29, 0.717) is 6.42 Å². The standard InChI is InChI=1S/C22H34N2O4/c1-5-10-19(25)24-14-9-13-18(24)21(28-4)15(2)22(27)23-16(3)20(26)17-11-7-6-8-12-17/h6-8,11-12,15-16,18,20-21,26H,5,9-10,13-14H2,1-4H3,(H,23,27)/t15-,16-,18+,20-,21-/m1/s1. The highest BCUT2D eigenvalue weighted by molar-refractivity contribution is 5.80. The zero-order valence-corrected chi connectivity index (χ0v) is 17.4. The Kier molecular flexibility index (Phi) is 8.45. The SMILES string of the molecule is CCCC(=O)N1CCC[C@H]1[C@H](OC)[C@@H](C)C(=O)N[C@H](C)[C@@H](O)c1ccccc1. The van der Waals surface area contributed by atoms with Gasteiger partial charge in [-0.15, -0.1) is 0 Å². The van der Waals surface area contributed by atoms with E-state index in [1.54, 1.807) is 14.0 Å². The molecule has 0 bridgehead atoms. The first-order chi connectivity index (χ1) is 13.4. The molecule has 156 valence electrons. The summed E-state index contributed by atoms with van der Waals surface area (Å²) in [6, 6.07) is 8.76.